The molecule has 11 aromatic rings. The molecule has 0 amide bonds. The monoisotopic (exact) mass is 787 g/mol. The Hall–Kier alpha value is -8.07. The molecule has 2 heterocycles. The summed E-state index contributed by atoms with van der Waals surface area (Å²) in [6, 6.07) is 81.6. The van der Waals surface area contributed by atoms with Crippen molar-refractivity contribution in [2.45, 2.75) is 5.41 Å². The Bertz CT molecular complexity index is 3460. The molecule has 0 saturated carbocycles. The van der Waals surface area contributed by atoms with E-state index in [1.807, 2.05) is 12.1 Å². The molecule has 0 unspecified atom stereocenters. The second kappa shape index (κ2) is 13.5. The molecule has 2 aliphatic rings. The Kier molecular flexibility index (Phi) is 7.55. The fourth-order valence-corrected chi connectivity index (χ4v) is 10.6. The minimum Gasteiger partial charge on any atom is -0.455 e. The van der Waals surface area contributed by atoms with Crippen molar-refractivity contribution >= 4 is 21.9 Å². The van der Waals surface area contributed by atoms with E-state index in [1.165, 1.54) is 44.5 Å². The maximum Gasteiger partial charge on any atom is 0.144 e. The Balaban J connectivity index is 1.08. The van der Waals surface area contributed by atoms with Crippen LogP contribution >= 0.6 is 0 Å². The van der Waals surface area contributed by atoms with Gasteiger partial charge in [0.25, 0.3) is 0 Å². The summed E-state index contributed by atoms with van der Waals surface area (Å²) in [4.78, 5) is 5.56. The molecule has 2 aliphatic carbocycles. The van der Waals surface area contributed by atoms with E-state index in [1.54, 1.807) is 0 Å². The number of fused-ring (bicyclic) bond motifs is 13. The van der Waals surface area contributed by atoms with E-state index in [2.05, 4.69) is 212 Å². The molecule has 288 valence electrons. The molecule has 0 N–H and O–H groups in total. The van der Waals surface area contributed by atoms with E-state index in [-0.39, 0.29) is 0 Å². The largest absolute Gasteiger partial charge is 0.455 e. The van der Waals surface area contributed by atoms with Crippen LogP contribution in [-0.4, -0.2) is 4.98 Å². The Morgan fingerprint density at radius 3 is 1.42 bits per heavy atom. The number of pyridine rings is 1. The quantitative estimate of drug-likeness (QED) is 0.174. The summed E-state index contributed by atoms with van der Waals surface area (Å²) in [6.07, 6.45) is 0. The summed E-state index contributed by atoms with van der Waals surface area (Å²) in [5, 5.41) is 2.18. The smallest absolute Gasteiger partial charge is 0.144 e. The second-order valence-corrected chi connectivity index (χ2v) is 16.6. The van der Waals surface area contributed by atoms with Gasteiger partial charge in [0, 0.05) is 21.9 Å². The van der Waals surface area contributed by atoms with Crippen molar-refractivity contribution < 1.29 is 4.42 Å². The molecule has 13 rings (SSSR count). The van der Waals surface area contributed by atoms with Crippen molar-refractivity contribution in [1.82, 2.24) is 4.98 Å². The van der Waals surface area contributed by atoms with Gasteiger partial charge in [-0.15, -0.1) is 0 Å². The van der Waals surface area contributed by atoms with Crippen LogP contribution in [0.1, 0.15) is 22.3 Å². The van der Waals surface area contributed by atoms with Crippen molar-refractivity contribution in [3.05, 3.63) is 247 Å². The third kappa shape index (κ3) is 5.07. The van der Waals surface area contributed by atoms with Gasteiger partial charge in [0.05, 0.1) is 16.8 Å². The molecule has 0 radical (unpaired) electrons. The number of benzene rings is 9. The second-order valence-electron chi connectivity index (χ2n) is 16.6. The van der Waals surface area contributed by atoms with E-state index in [9.17, 15) is 0 Å². The predicted molar refractivity (Wildman–Crippen MR) is 255 cm³/mol. The first-order valence-electron chi connectivity index (χ1n) is 21.4. The lowest BCUT2D eigenvalue weighted by atomic mass is 9.70. The van der Waals surface area contributed by atoms with Gasteiger partial charge in [0.2, 0.25) is 0 Å². The zero-order valence-electron chi connectivity index (χ0n) is 33.7. The normalized spacial score (nSPS) is 13.0. The Labute approximate surface area is 360 Å². The van der Waals surface area contributed by atoms with Crippen LogP contribution in [0.2, 0.25) is 0 Å². The van der Waals surface area contributed by atoms with Crippen LogP contribution in [0.4, 0.5) is 0 Å². The van der Waals surface area contributed by atoms with Gasteiger partial charge in [-0.2, -0.15) is 0 Å². The number of hydrogen-bond acceptors (Lipinski definition) is 2. The highest BCUT2D eigenvalue weighted by Gasteiger charge is 2.51. The molecule has 0 saturated heterocycles. The van der Waals surface area contributed by atoms with Gasteiger partial charge >= 0.3 is 0 Å². The number of aromatic nitrogens is 1. The standard InChI is InChI=1S/C60H37NO/c1-3-16-38(17-4-1)41-32-42(39-18-5-2-6-19-39)34-44(33-41)56-36-43(37-57(61-56)51-25-15-24-50-49-23-10-14-29-58(49)62-59(50)51)40-30-31-48-47-22-9-13-28-54(47)60(55(48)35-40)52-26-11-7-20-45(52)46-21-8-12-27-53(46)60/h1-37H. The molecule has 0 aliphatic heterocycles. The molecular formula is C60H37NO. The molecule has 0 bridgehead atoms. The van der Waals surface area contributed by atoms with Crippen LogP contribution in [0.15, 0.2) is 229 Å². The van der Waals surface area contributed by atoms with Gasteiger partial charge in [0.1, 0.15) is 11.2 Å². The van der Waals surface area contributed by atoms with Crippen LogP contribution in [-0.2, 0) is 5.41 Å². The average molecular weight is 788 g/mol. The van der Waals surface area contributed by atoms with Gasteiger partial charge in [-0.25, -0.2) is 4.98 Å². The first-order chi connectivity index (χ1) is 30.7. The lowest BCUT2D eigenvalue weighted by Gasteiger charge is -2.30. The van der Waals surface area contributed by atoms with E-state index >= 15 is 0 Å². The molecule has 0 atom stereocenters. The number of nitrogens with zero attached hydrogens (tertiary/aromatic N) is 1. The molecular weight excluding hydrogens is 751 g/mol. The van der Waals surface area contributed by atoms with Crippen molar-refractivity contribution in [3.63, 3.8) is 0 Å². The summed E-state index contributed by atoms with van der Waals surface area (Å²) < 4.78 is 6.67. The maximum atomic E-state index is 6.67. The van der Waals surface area contributed by atoms with Crippen molar-refractivity contribution in [3.8, 4) is 78.1 Å². The maximum absolute atomic E-state index is 6.67. The van der Waals surface area contributed by atoms with Gasteiger partial charge in [-0.05, 0) is 126 Å². The van der Waals surface area contributed by atoms with E-state index in [0.717, 1.165) is 77.8 Å². The van der Waals surface area contributed by atoms with Crippen LogP contribution in [0.3, 0.4) is 0 Å². The first kappa shape index (κ1) is 34.8. The van der Waals surface area contributed by atoms with Crippen molar-refractivity contribution in [2.24, 2.45) is 0 Å². The number of hydrogen-bond donors (Lipinski definition) is 0. The number of para-hydroxylation sites is 2. The first-order valence-corrected chi connectivity index (χ1v) is 21.4. The number of furan rings is 1. The Morgan fingerprint density at radius 2 is 0.774 bits per heavy atom. The highest BCUT2D eigenvalue weighted by Crippen LogP contribution is 2.63. The zero-order chi connectivity index (χ0) is 40.8. The van der Waals surface area contributed by atoms with Crippen LogP contribution in [0, 0.1) is 0 Å². The van der Waals surface area contributed by atoms with E-state index in [0.29, 0.717) is 0 Å². The highest BCUT2D eigenvalue weighted by molar-refractivity contribution is 6.09. The fourth-order valence-electron chi connectivity index (χ4n) is 10.6. The highest BCUT2D eigenvalue weighted by atomic mass is 16.3. The molecule has 0 fully saturated rings. The SMILES string of the molecule is c1ccc(-c2cc(-c3ccccc3)cc(-c3cc(-c4ccc5c(c4)C4(c6ccccc6-c6ccccc64)c4ccccc4-5)cc(-c4cccc5c4oc4ccccc45)n3)c2)cc1. The minimum absolute atomic E-state index is 0.442. The molecule has 9 aromatic carbocycles. The van der Waals surface area contributed by atoms with E-state index < -0.39 is 5.41 Å². The third-order valence-corrected chi connectivity index (χ3v) is 13.3. The van der Waals surface area contributed by atoms with E-state index in [4.69, 9.17) is 9.40 Å². The van der Waals surface area contributed by atoms with Crippen LogP contribution in [0.5, 0.6) is 0 Å². The van der Waals surface area contributed by atoms with Gasteiger partial charge in [-0.3, -0.25) is 0 Å². The molecule has 1 spiro atoms. The number of rotatable bonds is 5. The lowest BCUT2D eigenvalue weighted by Crippen LogP contribution is -2.25. The zero-order valence-corrected chi connectivity index (χ0v) is 33.7. The minimum atomic E-state index is -0.442. The summed E-state index contributed by atoms with van der Waals surface area (Å²) >= 11 is 0. The fraction of sp³-hybridized carbons (Fsp3) is 0.0167. The van der Waals surface area contributed by atoms with Gasteiger partial charge in [-0.1, -0.05) is 176 Å². The lowest BCUT2D eigenvalue weighted by molar-refractivity contribution is 0.670. The van der Waals surface area contributed by atoms with Crippen molar-refractivity contribution in [1.29, 1.82) is 0 Å². The molecule has 62 heavy (non-hydrogen) atoms. The summed E-state index contributed by atoms with van der Waals surface area (Å²) in [7, 11) is 0. The van der Waals surface area contributed by atoms with Crippen LogP contribution in [0.25, 0.3) is 100 Å². The molecule has 2 aromatic heterocycles. The van der Waals surface area contributed by atoms with Crippen molar-refractivity contribution in [2.75, 3.05) is 0 Å². The molecule has 2 heteroatoms. The van der Waals surface area contributed by atoms with Gasteiger partial charge in [0.15, 0.2) is 0 Å². The summed E-state index contributed by atoms with van der Waals surface area (Å²) in [6.45, 7) is 0. The Morgan fingerprint density at radius 1 is 0.290 bits per heavy atom. The topological polar surface area (TPSA) is 26.0 Å². The molecule has 2 nitrogen and oxygen atoms in total. The predicted octanol–water partition coefficient (Wildman–Crippen LogP) is 15.7. The average Bonchev–Trinajstić information content (AvgIpc) is 3.98. The summed E-state index contributed by atoms with van der Waals surface area (Å²) in [5.74, 6) is 0. The van der Waals surface area contributed by atoms with Gasteiger partial charge < -0.3 is 4.42 Å². The van der Waals surface area contributed by atoms with Crippen LogP contribution < -0.4 is 0 Å². The summed E-state index contributed by atoms with van der Waals surface area (Å²) in [5.41, 5.74) is 22.4. The third-order valence-electron chi connectivity index (χ3n) is 13.3.